The summed E-state index contributed by atoms with van der Waals surface area (Å²) in [4.78, 5) is 35.2. The predicted octanol–water partition coefficient (Wildman–Crippen LogP) is 3.56. The summed E-state index contributed by atoms with van der Waals surface area (Å²) in [6.45, 7) is 7.73. The van der Waals surface area contributed by atoms with Crippen LogP contribution in [0.1, 0.15) is 34.1 Å². The average Bonchev–Trinajstić information content (AvgIpc) is 3.11. The van der Waals surface area contributed by atoms with Crippen molar-refractivity contribution >= 4 is 45.6 Å². The van der Waals surface area contributed by atoms with Gasteiger partial charge < -0.3 is 18.9 Å². The lowest BCUT2D eigenvalue weighted by molar-refractivity contribution is -0.145. The summed E-state index contributed by atoms with van der Waals surface area (Å²) in [6.07, 6.45) is -0.821. The van der Waals surface area contributed by atoms with E-state index in [2.05, 4.69) is 32.6 Å². The molecular formula is C21H26IN3O6. The van der Waals surface area contributed by atoms with Crippen molar-refractivity contribution in [1.82, 2.24) is 14.9 Å². The van der Waals surface area contributed by atoms with Crippen molar-refractivity contribution in [1.29, 1.82) is 0 Å². The van der Waals surface area contributed by atoms with Gasteiger partial charge in [-0.1, -0.05) is 0 Å². The number of methoxy groups -OCH3 is 1. The number of carbonyl (C=O) groups is 2. The Kier molecular flexibility index (Phi) is 7.07. The van der Waals surface area contributed by atoms with Crippen molar-refractivity contribution in [3.8, 4) is 11.9 Å². The zero-order chi connectivity index (χ0) is 22.8. The van der Waals surface area contributed by atoms with E-state index in [-0.39, 0.29) is 19.0 Å². The molecule has 0 bridgehead atoms. The van der Waals surface area contributed by atoms with Gasteiger partial charge in [-0.05, 0) is 68.5 Å². The van der Waals surface area contributed by atoms with Gasteiger partial charge in [0.15, 0.2) is 0 Å². The molecule has 1 aliphatic heterocycles. The third-order valence-electron chi connectivity index (χ3n) is 4.52. The molecule has 10 heteroatoms. The lowest BCUT2D eigenvalue weighted by Gasteiger charge is -2.27. The number of likely N-dealkylation sites (tertiary alicyclic amines) is 1. The summed E-state index contributed by atoms with van der Waals surface area (Å²) in [7, 11) is 1.29. The van der Waals surface area contributed by atoms with E-state index in [4.69, 9.17) is 18.9 Å². The molecule has 1 amide bonds. The number of nitrogens with zero attached hydrogens (tertiary/aromatic N) is 3. The number of aromatic nitrogens is 2. The first-order chi connectivity index (χ1) is 14.6. The Balaban J connectivity index is 1.89. The van der Waals surface area contributed by atoms with Gasteiger partial charge in [0.05, 0.1) is 31.2 Å². The smallest absolute Gasteiger partial charge is 0.411 e. The third kappa shape index (κ3) is 5.66. The van der Waals surface area contributed by atoms with E-state index in [1.165, 1.54) is 12.0 Å². The summed E-state index contributed by atoms with van der Waals surface area (Å²) in [6, 6.07) is 5.12. The van der Waals surface area contributed by atoms with Gasteiger partial charge in [-0.3, -0.25) is 4.90 Å². The molecule has 2 atom stereocenters. The highest BCUT2D eigenvalue weighted by Gasteiger charge is 2.43. The van der Waals surface area contributed by atoms with E-state index in [0.717, 1.165) is 8.96 Å². The fourth-order valence-electron chi connectivity index (χ4n) is 3.26. The molecular weight excluding hydrogens is 517 g/mol. The van der Waals surface area contributed by atoms with Crippen LogP contribution in [-0.2, 0) is 14.3 Å². The van der Waals surface area contributed by atoms with Crippen LogP contribution in [0.3, 0.4) is 0 Å². The van der Waals surface area contributed by atoms with E-state index in [0.29, 0.717) is 18.0 Å². The number of ether oxygens (including phenoxy) is 4. The fourth-order valence-corrected chi connectivity index (χ4v) is 3.75. The zero-order valence-corrected chi connectivity index (χ0v) is 20.3. The summed E-state index contributed by atoms with van der Waals surface area (Å²) >= 11 is 2.20. The molecule has 0 aliphatic carbocycles. The Morgan fingerprint density at radius 3 is 2.65 bits per heavy atom. The van der Waals surface area contributed by atoms with Crippen LogP contribution in [0.4, 0.5) is 4.79 Å². The molecule has 31 heavy (non-hydrogen) atoms. The number of carbonyl (C=O) groups excluding carboxylic acids is 2. The average molecular weight is 543 g/mol. The number of hydrogen-bond donors (Lipinski definition) is 0. The molecule has 1 fully saturated rings. The normalized spacial score (nSPS) is 18.7. The standard InChI is InChI=1S/C21H26IN3O6/c1-6-29-19-23-15-8-7-12(22)9-14(15)17(24-19)30-13-10-16(18(26)28-5)25(11-13)20(27)31-21(2,3)4/h7-9,13,16H,6,10-11H2,1-5H3/t13-,16+/m1/s1. The molecule has 1 saturated heterocycles. The van der Waals surface area contributed by atoms with E-state index < -0.39 is 29.8 Å². The van der Waals surface area contributed by atoms with E-state index in [1.807, 2.05) is 25.1 Å². The molecule has 168 valence electrons. The minimum Gasteiger partial charge on any atom is -0.472 e. The molecule has 0 spiro atoms. The molecule has 1 aliphatic rings. The Bertz CT molecular complexity index is 977. The number of amides is 1. The van der Waals surface area contributed by atoms with Crippen molar-refractivity contribution in [3.05, 3.63) is 21.8 Å². The van der Waals surface area contributed by atoms with Crippen LogP contribution in [0.2, 0.25) is 0 Å². The SMILES string of the molecule is CCOc1nc(O[C@@H]2C[C@@H](C(=O)OC)N(C(=O)OC(C)(C)C)C2)c2cc(I)ccc2n1. The second-order valence-electron chi connectivity index (χ2n) is 8.05. The monoisotopic (exact) mass is 543 g/mol. The fraction of sp³-hybridized carbons (Fsp3) is 0.524. The highest BCUT2D eigenvalue weighted by Crippen LogP contribution is 2.31. The number of fused-ring (bicyclic) bond motifs is 1. The summed E-state index contributed by atoms with van der Waals surface area (Å²) in [5.41, 5.74) is -0.0109. The minimum atomic E-state index is -0.801. The van der Waals surface area contributed by atoms with Crippen LogP contribution in [0.25, 0.3) is 10.9 Å². The highest BCUT2D eigenvalue weighted by molar-refractivity contribution is 14.1. The molecule has 1 aromatic heterocycles. The van der Waals surface area contributed by atoms with Crippen LogP contribution in [0, 0.1) is 3.57 Å². The van der Waals surface area contributed by atoms with Crippen molar-refractivity contribution < 1.29 is 28.5 Å². The van der Waals surface area contributed by atoms with Gasteiger partial charge in [0.2, 0.25) is 5.88 Å². The molecule has 0 radical (unpaired) electrons. The maximum atomic E-state index is 12.7. The predicted molar refractivity (Wildman–Crippen MR) is 121 cm³/mol. The quantitative estimate of drug-likeness (QED) is 0.417. The number of rotatable bonds is 5. The van der Waals surface area contributed by atoms with Crippen LogP contribution in [-0.4, -0.2) is 64.9 Å². The van der Waals surface area contributed by atoms with Gasteiger partial charge in [0.1, 0.15) is 17.7 Å². The topological polar surface area (TPSA) is 100 Å². The lowest BCUT2D eigenvalue weighted by Crippen LogP contribution is -2.44. The maximum absolute atomic E-state index is 12.7. The van der Waals surface area contributed by atoms with Crippen LogP contribution in [0.5, 0.6) is 11.9 Å². The molecule has 3 rings (SSSR count). The highest BCUT2D eigenvalue weighted by atomic mass is 127. The molecule has 1 aromatic carbocycles. The first-order valence-electron chi connectivity index (χ1n) is 9.95. The number of esters is 1. The zero-order valence-electron chi connectivity index (χ0n) is 18.2. The summed E-state index contributed by atoms with van der Waals surface area (Å²) in [5.74, 6) is -0.180. The van der Waals surface area contributed by atoms with Gasteiger partial charge in [0.25, 0.3) is 0 Å². The first-order valence-corrected chi connectivity index (χ1v) is 11.0. The molecule has 2 heterocycles. The number of hydrogen-bond acceptors (Lipinski definition) is 8. The second-order valence-corrected chi connectivity index (χ2v) is 9.30. The minimum absolute atomic E-state index is 0.161. The molecule has 0 saturated carbocycles. The lowest BCUT2D eigenvalue weighted by atomic mass is 10.2. The number of benzene rings is 1. The van der Waals surface area contributed by atoms with Gasteiger partial charge in [0, 0.05) is 9.99 Å². The van der Waals surface area contributed by atoms with E-state index in [9.17, 15) is 9.59 Å². The van der Waals surface area contributed by atoms with E-state index >= 15 is 0 Å². The largest absolute Gasteiger partial charge is 0.472 e. The second kappa shape index (κ2) is 9.41. The molecule has 0 N–H and O–H groups in total. The van der Waals surface area contributed by atoms with Crippen molar-refractivity contribution in [2.24, 2.45) is 0 Å². The van der Waals surface area contributed by atoms with Crippen molar-refractivity contribution in [2.75, 3.05) is 20.3 Å². The van der Waals surface area contributed by atoms with Gasteiger partial charge in [-0.15, -0.1) is 0 Å². The van der Waals surface area contributed by atoms with Crippen LogP contribution >= 0.6 is 22.6 Å². The van der Waals surface area contributed by atoms with Crippen LogP contribution in [0.15, 0.2) is 18.2 Å². The Morgan fingerprint density at radius 2 is 2.00 bits per heavy atom. The number of halogens is 1. The van der Waals surface area contributed by atoms with Gasteiger partial charge in [-0.25, -0.2) is 9.59 Å². The summed E-state index contributed by atoms with van der Waals surface area (Å²) < 4.78 is 23.0. The first kappa shape index (κ1) is 23.3. The third-order valence-corrected chi connectivity index (χ3v) is 5.19. The van der Waals surface area contributed by atoms with Gasteiger partial charge in [-0.2, -0.15) is 9.97 Å². The Morgan fingerprint density at radius 1 is 1.26 bits per heavy atom. The van der Waals surface area contributed by atoms with Crippen LogP contribution < -0.4 is 9.47 Å². The maximum Gasteiger partial charge on any atom is 0.411 e. The van der Waals surface area contributed by atoms with Crippen molar-refractivity contribution in [3.63, 3.8) is 0 Å². The molecule has 9 nitrogen and oxygen atoms in total. The van der Waals surface area contributed by atoms with Crippen molar-refractivity contribution in [2.45, 2.75) is 51.9 Å². The molecule has 2 aromatic rings. The van der Waals surface area contributed by atoms with Gasteiger partial charge >= 0.3 is 18.1 Å². The van der Waals surface area contributed by atoms with E-state index in [1.54, 1.807) is 20.8 Å². The Hall–Kier alpha value is -2.37. The molecule has 0 unspecified atom stereocenters. The Labute approximate surface area is 194 Å². The summed E-state index contributed by atoms with van der Waals surface area (Å²) in [5, 5.41) is 0.723.